The van der Waals surface area contributed by atoms with Gasteiger partial charge in [0.2, 0.25) is 0 Å². The summed E-state index contributed by atoms with van der Waals surface area (Å²) in [7, 11) is 0. The number of halogens is 1. The quantitative estimate of drug-likeness (QED) is 0.562. The first kappa shape index (κ1) is 30.9. The van der Waals surface area contributed by atoms with Crippen molar-refractivity contribution in [3.63, 3.8) is 0 Å². The fraction of sp³-hybridized carbons (Fsp3) is 1.00. The minimum Gasteiger partial charge on any atom is -1.00 e. The van der Waals surface area contributed by atoms with Crippen LogP contribution in [0.25, 0.3) is 0 Å². The Morgan fingerprint density at radius 1 is 0.588 bits per heavy atom. The summed E-state index contributed by atoms with van der Waals surface area (Å²) < 4.78 is 0. The molecule has 0 atom stereocenters. The summed E-state index contributed by atoms with van der Waals surface area (Å²) in [6.07, 6.45) is 6.11. The molecule has 0 spiro atoms. The third-order valence-electron chi connectivity index (χ3n) is 1.54. The molecule has 0 aliphatic heterocycles. The molecule has 108 valence electrons. The number of aliphatic hydroxyl groups excluding tert-OH is 3. The van der Waals surface area contributed by atoms with Gasteiger partial charge < -0.3 is 32.3 Å². The third kappa shape index (κ3) is 76.4. The number of aliphatic hydroxyl groups is 3. The van der Waals surface area contributed by atoms with Crippen LogP contribution in [-0.4, -0.2) is 35.1 Å². The molecular weight excluding hydrogens is 363 g/mol. The topological polar surface area (TPSA) is 60.7 Å². The molecule has 0 bridgehead atoms. The Morgan fingerprint density at radius 3 is 0.765 bits per heavy atom. The maximum Gasteiger partial charge on any atom is 0.0430 e. The predicted octanol–water partition coefficient (Wildman–Crippen LogP) is -0.662. The first-order chi connectivity index (χ1) is 7.24. The van der Waals surface area contributed by atoms with Crippen molar-refractivity contribution in [1.29, 1.82) is 0 Å². The van der Waals surface area contributed by atoms with Gasteiger partial charge in [0.05, 0.1) is 0 Å². The molecule has 0 heterocycles. The zero-order valence-electron chi connectivity index (χ0n) is 11.6. The maximum atomic E-state index is 8.07. The van der Waals surface area contributed by atoms with Crippen molar-refractivity contribution in [2.75, 3.05) is 19.8 Å². The maximum absolute atomic E-state index is 8.07. The summed E-state index contributed by atoms with van der Waals surface area (Å²) in [5, 5.41) is 24.2. The van der Waals surface area contributed by atoms with Gasteiger partial charge in [-0.3, -0.25) is 0 Å². The average molecular weight is 393 g/mol. The predicted molar refractivity (Wildman–Crippen MR) is 66.0 cm³/mol. The zero-order valence-corrected chi connectivity index (χ0v) is 15.6. The molecule has 0 radical (unpaired) electrons. The molecular formula is C12H30BrO3Zr-. The van der Waals surface area contributed by atoms with Crippen molar-refractivity contribution in [2.24, 2.45) is 0 Å². The van der Waals surface area contributed by atoms with Crippen LogP contribution in [-0.2, 0) is 26.2 Å². The van der Waals surface area contributed by atoms with E-state index in [9.17, 15) is 0 Å². The minimum absolute atomic E-state index is 0. The van der Waals surface area contributed by atoms with E-state index in [0.717, 1.165) is 38.5 Å². The van der Waals surface area contributed by atoms with E-state index in [-0.39, 0.29) is 43.2 Å². The Morgan fingerprint density at radius 2 is 0.765 bits per heavy atom. The van der Waals surface area contributed by atoms with Gasteiger partial charge in [0.15, 0.2) is 0 Å². The molecule has 0 saturated heterocycles. The average Bonchev–Trinajstić information content (AvgIpc) is 2.23. The Bertz CT molecular complexity index is 58.5. The largest absolute Gasteiger partial charge is 1.00 e. The normalized spacial score (nSPS) is 7.41. The SMILES string of the molecule is CCCCO.CCCCO.CCCCO.[Br-].[Zr]. The minimum atomic E-state index is 0. The van der Waals surface area contributed by atoms with E-state index < -0.39 is 0 Å². The molecule has 0 saturated carbocycles. The van der Waals surface area contributed by atoms with Gasteiger partial charge in [-0.25, -0.2) is 0 Å². The standard InChI is InChI=1S/3C4H10O.BrH.Zr/c3*1-2-3-4-5;;/h3*5H,2-4H2,1H3;1H;/p-1. The van der Waals surface area contributed by atoms with Crippen LogP contribution in [0.15, 0.2) is 0 Å². The second-order valence-electron chi connectivity index (χ2n) is 3.23. The molecule has 17 heavy (non-hydrogen) atoms. The van der Waals surface area contributed by atoms with Gasteiger partial charge in [-0.15, -0.1) is 0 Å². The van der Waals surface area contributed by atoms with Gasteiger partial charge in [-0.2, -0.15) is 0 Å². The molecule has 0 fully saturated rings. The molecule has 0 aromatic carbocycles. The van der Waals surface area contributed by atoms with E-state index >= 15 is 0 Å². The number of hydrogen-bond donors (Lipinski definition) is 3. The van der Waals surface area contributed by atoms with Crippen LogP contribution in [0.1, 0.15) is 59.3 Å². The van der Waals surface area contributed by atoms with Crippen LogP contribution in [0, 0.1) is 0 Å². The monoisotopic (exact) mass is 391 g/mol. The van der Waals surface area contributed by atoms with Gasteiger partial charge in [0.1, 0.15) is 0 Å². The Labute approximate surface area is 137 Å². The van der Waals surface area contributed by atoms with Gasteiger partial charge in [-0.05, 0) is 19.3 Å². The summed E-state index contributed by atoms with van der Waals surface area (Å²) >= 11 is 0. The molecule has 3 nitrogen and oxygen atoms in total. The van der Waals surface area contributed by atoms with E-state index in [0.29, 0.717) is 19.8 Å². The molecule has 3 N–H and O–H groups in total. The summed E-state index contributed by atoms with van der Waals surface area (Å²) in [4.78, 5) is 0. The Balaban J connectivity index is -0.0000000400. The van der Waals surface area contributed by atoms with Crippen LogP contribution >= 0.6 is 0 Å². The second kappa shape index (κ2) is 43.4. The first-order valence-electron chi connectivity index (χ1n) is 6.07. The van der Waals surface area contributed by atoms with Crippen molar-refractivity contribution in [3.8, 4) is 0 Å². The van der Waals surface area contributed by atoms with Gasteiger partial charge in [0.25, 0.3) is 0 Å². The van der Waals surface area contributed by atoms with E-state index in [1.165, 1.54) is 0 Å². The molecule has 0 rings (SSSR count). The van der Waals surface area contributed by atoms with Crippen LogP contribution < -0.4 is 17.0 Å². The molecule has 0 aliphatic carbocycles. The number of rotatable bonds is 6. The van der Waals surface area contributed by atoms with Crippen molar-refractivity contribution in [3.05, 3.63) is 0 Å². The summed E-state index contributed by atoms with van der Waals surface area (Å²) in [5.41, 5.74) is 0. The van der Waals surface area contributed by atoms with Gasteiger partial charge in [0, 0.05) is 46.0 Å². The summed E-state index contributed by atoms with van der Waals surface area (Å²) in [6.45, 7) is 7.19. The molecule has 0 aromatic rings. The van der Waals surface area contributed by atoms with E-state index in [2.05, 4.69) is 20.8 Å². The molecule has 0 aromatic heterocycles. The number of hydrogen-bond acceptors (Lipinski definition) is 3. The van der Waals surface area contributed by atoms with Crippen LogP contribution in [0.5, 0.6) is 0 Å². The fourth-order valence-corrected chi connectivity index (χ4v) is 0.474. The summed E-state index contributed by atoms with van der Waals surface area (Å²) in [5.74, 6) is 0. The second-order valence-corrected chi connectivity index (χ2v) is 3.23. The Kier molecular flexibility index (Phi) is 78.9. The third-order valence-corrected chi connectivity index (χ3v) is 1.54. The van der Waals surface area contributed by atoms with Gasteiger partial charge >= 0.3 is 0 Å². The smallest absolute Gasteiger partial charge is 0.0430 e. The van der Waals surface area contributed by atoms with Crippen LogP contribution in [0.3, 0.4) is 0 Å². The molecule has 0 aliphatic rings. The van der Waals surface area contributed by atoms with Crippen LogP contribution in [0.4, 0.5) is 0 Å². The van der Waals surface area contributed by atoms with E-state index in [1.54, 1.807) is 0 Å². The van der Waals surface area contributed by atoms with Crippen molar-refractivity contribution in [1.82, 2.24) is 0 Å². The zero-order chi connectivity index (χ0) is 12.4. The van der Waals surface area contributed by atoms with Crippen molar-refractivity contribution >= 4 is 0 Å². The number of unbranched alkanes of at least 4 members (excludes halogenated alkanes) is 3. The Hall–Kier alpha value is 1.24. The first-order valence-corrected chi connectivity index (χ1v) is 6.07. The fourth-order valence-electron chi connectivity index (χ4n) is 0.474. The molecule has 0 amide bonds. The molecule has 0 unspecified atom stereocenters. The van der Waals surface area contributed by atoms with Crippen molar-refractivity contribution < 1.29 is 58.5 Å². The van der Waals surface area contributed by atoms with Crippen molar-refractivity contribution in [2.45, 2.75) is 59.3 Å². The van der Waals surface area contributed by atoms with Gasteiger partial charge in [-0.1, -0.05) is 40.0 Å². The van der Waals surface area contributed by atoms with Crippen LogP contribution in [0.2, 0.25) is 0 Å². The van der Waals surface area contributed by atoms with E-state index in [1.807, 2.05) is 0 Å². The molecule has 5 heteroatoms. The van der Waals surface area contributed by atoms with E-state index in [4.69, 9.17) is 15.3 Å². The summed E-state index contributed by atoms with van der Waals surface area (Å²) in [6, 6.07) is 0.